The number of likely N-dealkylation sites (tertiary alicyclic amines) is 1. The number of aromatic nitrogens is 3. The number of hydrogen-bond donors (Lipinski definition) is 1. The predicted octanol–water partition coefficient (Wildman–Crippen LogP) is 1.63. The summed E-state index contributed by atoms with van der Waals surface area (Å²) in [5.74, 6) is 2.68. The summed E-state index contributed by atoms with van der Waals surface area (Å²) in [4.78, 5) is 26.5. The topological polar surface area (TPSA) is 84.1 Å². The highest BCUT2D eigenvalue weighted by Gasteiger charge is 2.47. The molecule has 128 valence electrons. The molecule has 1 saturated heterocycles. The summed E-state index contributed by atoms with van der Waals surface area (Å²) in [5.41, 5.74) is -0.227. The van der Waals surface area contributed by atoms with E-state index in [1.807, 2.05) is 17.0 Å². The number of carbonyl (C=O) groups is 1. The Bertz CT molecular complexity index is 772. The van der Waals surface area contributed by atoms with Crippen LogP contribution < -0.4 is 5.69 Å². The number of aryl methyl sites for hydroxylation is 1. The fraction of sp³-hybridized carbons (Fsp3) is 0.588. The minimum absolute atomic E-state index is 0.0921. The third-order valence-electron chi connectivity index (χ3n) is 5.34. The van der Waals surface area contributed by atoms with Crippen LogP contribution in [0.4, 0.5) is 0 Å². The van der Waals surface area contributed by atoms with Crippen LogP contribution >= 0.6 is 0 Å². The lowest BCUT2D eigenvalue weighted by Crippen LogP contribution is -2.34. The number of rotatable bonds is 5. The summed E-state index contributed by atoms with van der Waals surface area (Å²) in [6.07, 6.45) is 6.06. The third-order valence-corrected chi connectivity index (χ3v) is 5.34. The van der Waals surface area contributed by atoms with Gasteiger partial charge in [0.25, 0.3) is 0 Å². The normalized spacial score (nSPS) is 23.8. The Hall–Kier alpha value is -2.31. The second-order valence-electron chi connectivity index (χ2n) is 6.85. The highest BCUT2D eigenvalue weighted by molar-refractivity contribution is 5.77. The largest absolute Gasteiger partial charge is 0.469 e. The molecule has 0 spiro atoms. The van der Waals surface area contributed by atoms with Gasteiger partial charge in [0, 0.05) is 26.4 Å². The highest BCUT2D eigenvalue weighted by atomic mass is 16.3. The van der Waals surface area contributed by atoms with E-state index in [0.29, 0.717) is 30.5 Å². The lowest BCUT2D eigenvalue weighted by molar-refractivity contribution is -0.132. The van der Waals surface area contributed by atoms with E-state index in [1.54, 1.807) is 13.3 Å². The first-order chi connectivity index (χ1) is 11.6. The molecule has 0 radical (unpaired) electrons. The van der Waals surface area contributed by atoms with Crippen molar-refractivity contribution in [3.63, 3.8) is 0 Å². The molecule has 2 aliphatic rings. The fourth-order valence-electron chi connectivity index (χ4n) is 3.90. The van der Waals surface area contributed by atoms with Crippen LogP contribution in [0.5, 0.6) is 0 Å². The maximum Gasteiger partial charge on any atom is 0.343 e. The molecule has 1 saturated carbocycles. The van der Waals surface area contributed by atoms with Crippen molar-refractivity contribution in [1.82, 2.24) is 19.7 Å². The van der Waals surface area contributed by atoms with Gasteiger partial charge in [0.15, 0.2) is 5.82 Å². The summed E-state index contributed by atoms with van der Waals surface area (Å²) >= 11 is 0. The fourth-order valence-corrected chi connectivity index (χ4v) is 3.90. The molecular formula is C17H22N4O3. The molecule has 1 aliphatic carbocycles. The number of furan rings is 1. The third kappa shape index (κ3) is 2.68. The van der Waals surface area contributed by atoms with Gasteiger partial charge < -0.3 is 9.32 Å². The van der Waals surface area contributed by atoms with Gasteiger partial charge in [-0.25, -0.2) is 9.89 Å². The number of amides is 1. The summed E-state index contributed by atoms with van der Waals surface area (Å²) < 4.78 is 6.86. The van der Waals surface area contributed by atoms with E-state index in [4.69, 9.17) is 4.42 Å². The Kier molecular flexibility index (Phi) is 3.78. The van der Waals surface area contributed by atoms with Gasteiger partial charge in [-0.3, -0.25) is 9.36 Å². The van der Waals surface area contributed by atoms with Crippen LogP contribution in [0.25, 0.3) is 0 Å². The van der Waals surface area contributed by atoms with Gasteiger partial charge in [-0.15, -0.1) is 0 Å². The smallest absolute Gasteiger partial charge is 0.343 e. The number of nitrogens with one attached hydrogen (secondary N) is 1. The van der Waals surface area contributed by atoms with Crippen molar-refractivity contribution < 1.29 is 9.21 Å². The van der Waals surface area contributed by atoms with Crippen molar-refractivity contribution in [3.8, 4) is 0 Å². The Balaban J connectivity index is 1.55. The van der Waals surface area contributed by atoms with E-state index < -0.39 is 0 Å². The van der Waals surface area contributed by atoms with E-state index in [1.165, 1.54) is 17.4 Å². The Morgan fingerprint density at radius 1 is 1.42 bits per heavy atom. The van der Waals surface area contributed by atoms with E-state index in [2.05, 4.69) is 10.2 Å². The van der Waals surface area contributed by atoms with Gasteiger partial charge in [0.1, 0.15) is 5.76 Å². The summed E-state index contributed by atoms with van der Waals surface area (Å²) in [7, 11) is 1.72. The lowest BCUT2D eigenvalue weighted by Gasteiger charge is -2.27. The molecule has 0 bridgehead atoms. The van der Waals surface area contributed by atoms with Gasteiger partial charge in [0.05, 0.1) is 12.3 Å². The van der Waals surface area contributed by atoms with Crippen LogP contribution in [0, 0.1) is 11.8 Å². The van der Waals surface area contributed by atoms with Crippen LogP contribution in [0.1, 0.15) is 43.3 Å². The van der Waals surface area contributed by atoms with Crippen LogP contribution in [0.3, 0.4) is 0 Å². The average molecular weight is 330 g/mol. The maximum atomic E-state index is 12.8. The van der Waals surface area contributed by atoms with Crippen molar-refractivity contribution in [2.75, 3.05) is 6.54 Å². The molecule has 24 heavy (non-hydrogen) atoms. The summed E-state index contributed by atoms with van der Waals surface area (Å²) in [6.45, 7) is 0.740. The predicted molar refractivity (Wildman–Crippen MR) is 86.1 cm³/mol. The van der Waals surface area contributed by atoms with Crippen molar-refractivity contribution in [2.24, 2.45) is 18.9 Å². The molecule has 3 heterocycles. The van der Waals surface area contributed by atoms with Crippen molar-refractivity contribution in [1.29, 1.82) is 0 Å². The number of aromatic amines is 1. The second kappa shape index (κ2) is 5.96. The second-order valence-corrected chi connectivity index (χ2v) is 6.85. The highest BCUT2D eigenvalue weighted by Crippen LogP contribution is 2.49. The number of carbonyl (C=O) groups excluding carboxylic acids is 1. The Morgan fingerprint density at radius 3 is 2.88 bits per heavy atom. The number of nitrogens with zero attached hydrogens (tertiary/aromatic N) is 3. The molecule has 7 heteroatoms. The number of H-pyrrole nitrogens is 1. The van der Waals surface area contributed by atoms with E-state index in [-0.39, 0.29) is 17.6 Å². The van der Waals surface area contributed by atoms with Crippen LogP contribution in [-0.2, 0) is 18.3 Å². The molecule has 2 atom stereocenters. The lowest BCUT2D eigenvalue weighted by atomic mass is 9.94. The standard InChI is InChI=1S/C17H22N4O3/c1-20-16(18-19-17(20)23)15-13(11-4-5-11)8-9-21(15)14(22)7-6-12-3-2-10-24-12/h2-3,10-11,13,15H,4-9H2,1H3,(H,19,23). The SMILES string of the molecule is Cn1c(C2C(C3CC3)CCN2C(=O)CCc2ccco2)n[nH]c1=O. The van der Waals surface area contributed by atoms with Gasteiger partial charge in [-0.2, -0.15) is 5.10 Å². The minimum atomic E-state index is -0.227. The van der Waals surface area contributed by atoms with Gasteiger partial charge in [-0.1, -0.05) is 0 Å². The molecule has 1 aliphatic heterocycles. The summed E-state index contributed by atoms with van der Waals surface area (Å²) in [6, 6.07) is 3.63. The molecule has 1 amide bonds. The molecular weight excluding hydrogens is 308 g/mol. The summed E-state index contributed by atoms with van der Waals surface area (Å²) in [5, 5.41) is 6.73. The van der Waals surface area contributed by atoms with Crippen molar-refractivity contribution in [2.45, 2.75) is 38.1 Å². The Labute approximate surface area is 139 Å². The van der Waals surface area contributed by atoms with Crippen LogP contribution in [0.2, 0.25) is 0 Å². The molecule has 0 aromatic carbocycles. The molecule has 1 N–H and O–H groups in total. The van der Waals surface area contributed by atoms with Crippen LogP contribution in [-0.4, -0.2) is 32.1 Å². The molecule has 2 aromatic rings. The zero-order valence-corrected chi connectivity index (χ0v) is 13.8. The molecule has 4 rings (SSSR count). The number of hydrogen-bond acceptors (Lipinski definition) is 4. The molecule has 2 unspecified atom stereocenters. The van der Waals surface area contributed by atoms with Gasteiger partial charge in [0.2, 0.25) is 5.91 Å². The van der Waals surface area contributed by atoms with E-state index in [9.17, 15) is 9.59 Å². The van der Waals surface area contributed by atoms with Gasteiger partial charge >= 0.3 is 5.69 Å². The zero-order valence-electron chi connectivity index (χ0n) is 13.8. The Morgan fingerprint density at radius 2 is 2.25 bits per heavy atom. The zero-order chi connectivity index (χ0) is 16.7. The molecule has 2 fully saturated rings. The average Bonchev–Trinajstić information content (AvgIpc) is 2.98. The van der Waals surface area contributed by atoms with Crippen molar-refractivity contribution in [3.05, 3.63) is 40.5 Å². The first kappa shape index (κ1) is 15.2. The first-order valence-electron chi connectivity index (χ1n) is 8.58. The van der Waals surface area contributed by atoms with E-state index in [0.717, 1.165) is 18.7 Å². The quantitative estimate of drug-likeness (QED) is 0.903. The van der Waals surface area contributed by atoms with E-state index >= 15 is 0 Å². The molecule has 2 aromatic heterocycles. The molecule has 7 nitrogen and oxygen atoms in total. The maximum absolute atomic E-state index is 12.8. The minimum Gasteiger partial charge on any atom is -0.469 e. The van der Waals surface area contributed by atoms with Crippen LogP contribution in [0.15, 0.2) is 27.6 Å². The van der Waals surface area contributed by atoms with Gasteiger partial charge in [-0.05, 0) is 43.2 Å². The first-order valence-corrected chi connectivity index (χ1v) is 8.58. The van der Waals surface area contributed by atoms with Crippen molar-refractivity contribution >= 4 is 5.91 Å². The monoisotopic (exact) mass is 330 g/mol.